The maximum atomic E-state index is 11.0. The maximum Gasteiger partial charge on any atom is 0.323 e. The summed E-state index contributed by atoms with van der Waals surface area (Å²) >= 11 is 0. The molecular weight excluding hydrogens is 170 g/mol. The summed E-state index contributed by atoms with van der Waals surface area (Å²) in [5.74, 6) is -0.444. The van der Waals surface area contributed by atoms with Gasteiger partial charge in [0.1, 0.15) is 12.6 Å². The molecule has 0 aromatic heterocycles. The monoisotopic (exact) mass is 187 g/mol. The number of hydrogen-bond acceptors (Lipinski definition) is 5. The van der Waals surface area contributed by atoms with Crippen molar-refractivity contribution in [3.8, 4) is 0 Å². The third-order valence-electron chi connectivity index (χ3n) is 1.58. The van der Waals surface area contributed by atoms with Crippen LogP contribution in [0.3, 0.4) is 0 Å². The highest BCUT2D eigenvalue weighted by atomic mass is 16.5. The maximum absolute atomic E-state index is 11.0. The van der Waals surface area contributed by atoms with Crippen LogP contribution in [0.2, 0.25) is 0 Å². The van der Waals surface area contributed by atoms with Crippen molar-refractivity contribution in [2.24, 2.45) is 11.5 Å². The van der Waals surface area contributed by atoms with Gasteiger partial charge in [0, 0.05) is 6.21 Å². The van der Waals surface area contributed by atoms with Gasteiger partial charge in [0.05, 0.1) is 0 Å². The first-order chi connectivity index (χ1) is 6.22. The smallest absolute Gasteiger partial charge is 0.323 e. The first-order valence-electron chi connectivity index (χ1n) is 4.33. The Labute approximate surface area is 77.9 Å². The van der Waals surface area contributed by atoms with Crippen molar-refractivity contribution in [3.63, 3.8) is 0 Å². The number of hydrogen-bond donors (Lipinski definition) is 3. The number of nitrogens with one attached hydrogen (secondary N) is 1. The van der Waals surface area contributed by atoms with E-state index in [0.29, 0.717) is 13.0 Å². The summed E-state index contributed by atoms with van der Waals surface area (Å²) in [6.45, 7) is 0.617. The number of ether oxygens (including phenoxy) is 1. The second-order valence-electron chi connectivity index (χ2n) is 2.73. The van der Waals surface area contributed by atoms with Gasteiger partial charge in [-0.25, -0.2) is 0 Å². The quantitative estimate of drug-likeness (QED) is 0.287. The molecule has 0 aromatic rings. The van der Waals surface area contributed by atoms with Crippen molar-refractivity contribution in [2.75, 3.05) is 13.2 Å². The van der Waals surface area contributed by atoms with Crippen molar-refractivity contribution in [2.45, 2.75) is 25.3 Å². The van der Waals surface area contributed by atoms with E-state index in [4.69, 9.17) is 16.9 Å². The molecule has 0 rings (SSSR count). The Kier molecular flexibility index (Phi) is 7.14. The molecule has 0 amide bonds. The van der Waals surface area contributed by atoms with Crippen LogP contribution >= 0.6 is 0 Å². The van der Waals surface area contributed by atoms with E-state index in [9.17, 15) is 4.79 Å². The van der Waals surface area contributed by atoms with Gasteiger partial charge >= 0.3 is 5.97 Å². The lowest BCUT2D eigenvalue weighted by Crippen LogP contribution is -2.32. The number of rotatable bonds is 7. The third kappa shape index (κ3) is 6.24. The Hall–Kier alpha value is -0.940. The van der Waals surface area contributed by atoms with E-state index in [2.05, 4.69) is 4.74 Å². The number of carbonyl (C=O) groups excluding carboxylic acids is 1. The number of carbonyl (C=O) groups is 1. The van der Waals surface area contributed by atoms with Gasteiger partial charge in [0.25, 0.3) is 0 Å². The molecule has 0 saturated heterocycles. The van der Waals surface area contributed by atoms with Gasteiger partial charge in [-0.1, -0.05) is 6.42 Å². The van der Waals surface area contributed by atoms with Crippen molar-refractivity contribution in [1.29, 1.82) is 5.41 Å². The van der Waals surface area contributed by atoms with Crippen molar-refractivity contribution in [1.82, 2.24) is 0 Å². The van der Waals surface area contributed by atoms with E-state index in [1.165, 1.54) is 0 Å². The normalized spacial score (nSPS) is 12.2. The molecule has 0 aliphatic rings. The molecule has 0 heterocycles. The minimum absolute atomic E-state index is 0.00340. The zero-order valence-corrected chi connectivity index (χ0v) is 7.66. The fourth-order valence-corrected chi connectivity index (χ4v) is 0.857. The second-order valence-corrected chi connectivity index (χ2v) is 2.73. The van der Waals surface area contributed by atoms with Crippen LogP contribution in [0, 0.1) is 5.41 Å². The number of nitrogens with two attached hydrogens (primary N) is 2. The molecule has 0 bridgehead atoms. The summed E-state index contributed by atoms with van der Waals surface area (Å²) in [4.78, 5) is 11.0. The molecular formula is C8H17N3O2. The molecule has 5 N–H and O–H groups in total. The van der Waals surface area contributed by atoms with Crippen LogP contribution < -0.4 is 11.5 Å². The first-order valence-corrected chi connectivity index (χ1v) is 4.33. The van der Waals surface area contributed by atoms with Gasteiger partial charge in [0.15, 0.2) is 0 Å². The molecule has 0 unspecified atom stereocenters. The number of unbranched alkanes of at least 4 members (excludes halogenated alkanes) is 1. The molecule has 5 heteroatoms. The summed E-state index contributed by atoms with van der Waals surface area (Å²) in [6.07, 6.45) is 3.31. The van der Waals surface area contributed by atoms with Crippen LogP contribution in [-0.2, 0) is 9.53 Å². The van der Waals surface area contributed by atoms with E-state index >= 15 is 0 Å². The van der Waals surface area contributed by atoms with Crippen molar-refractivity contribution >= 4 is 12.2 Å². The summed E-state index contributed by atoms with van der Waals surface area (Å²) in [7, 11) is 0. The fraction of sp³-hybridized carbons (Fsp3) is 0.750. The summed E-state index contributed by atoms with van der Waals surface area (Å²) in [5, 5.41) is 6.65. The van der Waals surface area contributed by atoms with Crippen LogP contribution in [0.25, 0.3) is 0 Å². The Bertz CT molecular complexity index is 161. The van der Waals surface area contributed by atoms with Gasteiger partial charge in [-0.3, -0.25) is 4.79 Å². The largest absolute Gasteiger partial charge is 0.459 e. The standard InChI is InChI=1S/C8H17N3O2/c9-4-2-1-3-7(11)8(12)13-6-5-10/h5,7,10H,1-4,6,9,11H2/t7-/m0/s1. The minimum Gasteiger partial charge on any atom is -0.459 e. The predicted molar refractivity (Wildman–Crippen MR) is 50.6 cm³/mol. The molecule has 0 aliphatic heterocycles. The lowest BCUT2D eigenvalue weighted by atomic mass is 10.1. The highest BCUT2D eigenvalue weighted by Gasteiger charge is 2.13. The molecule has 76 valence electrons. The van der Waals surface area contributed by atoms with Gasteiger partial charge in [0.2, 0.25) is 0 Å². The van der Waals surface area contributed by atoms with Crippen LogP contribution in [0.4, 0.5) is 0 Å². The minimum atomic E-state index is -0.577. The summed E-state index contributed by atoms with van der Waals surface area (Å²) < 4.78 is 4.65. The van der Waals surface area contributed by atoms with Crippen molar-refractivity contribution < 1.29 is 9.53 Å². The van der Waals surface area contributed by atoms with E-state index in [0.717, 1.165) is 19.1 Å². The second kappa shape index (κ2) is 7.70. The van der Waals surface area contributed by atoms with Crippen LogP contribution in [0.15, 0.2) is 0 Å². The SMILES string of the molecule is N=CCOC(=O)[C@@H](N)CCCCN. The van der Waals surface area contributed by atoms with Gasteiger partial charge in [-0.05, 0) is 19.4 Å². The van der Waals surface area contributed by atoms with Crippen LogP contribution in [0.1, 0.15) is 19.3 Å². The zero-order valence-electron chi connectivity index (χ0n) is 7.66. The number of esters is 1. The molecule has 5 nitrogen and oxygen atoms in total. The Morgan fingerprint density at radius 1 is 1.54 bits per heavy atom. The van der Waals surface area contributed by atoms with Crippen LogP contribution in [-0.4, -0.2) is 31.4 Å². The Morgan fingerprint density at radius 2 is 2.23 bits per heavy atom. The average molecular weight is 187 g/mol. The highest BCUT2D eigenvalue weighted by molar-refractivity contribution is 5.76. The average Bonchev–Trinajstić information content (AvgIpc) is 2.14. The summed E-state index contributed by atoms with van der Waals surface area (Å²) in [6, 6.07) is -0.577. The first kappa shape index (κ1) is 12.1. The topological polar surface area (TPSA) is 102 Å². The van der Waals surface area contributed by atoms with Gasteiger partial charge < -0.3 is 21.6 Å². The molecule has 1 atom stereocenters. The molecule has 0 spiro atoms. The van der Waals surface area contributed by atoms with E-state index in [1.807, 2.05) is 0 Å². The molecule has 0 aliphatic carbocycles. The lowest BCUT2D eigenvalue weighted by Gasteiger charge is -2.09. The fourth-order valence-electron chi connectivity index (χ4n) is 0.857. The highest BCUT2D eigenvalue weighted by Crippen LogP contribution is 1.99. The summed E-state index contributed by atoms with van der Waals surface area (Å²) in [5.41, 5.74) is 10.8. The molecule has 13 heavy (non-hydrogen) atoms. The van der Waals surface area contributed by atoms with Gasteiger partial charge in [-0.15, -0.1) is 0 Å². The molecule has 0 fully saturated rings. The lowest BCUT2D eigenvalue weighted by molar-refractivity contribution is -0.143. The van der Waals surface area contributed by atoms with E-state index in [1.54, 1.807) is 0 Å². The van der Waals surface area contributed by atoms with Crippen molar-refractivity contribution in [3.05, 3.63) is 0 Å². The van der Waals surface area contributed by atoms with E-state index in [-0.39, 0.29) is 6.61 Å². The van der Waals surface area contributed by atoms with E-state index < -0.39 is 12.0 Å². The zero-order chi connectivity index (χ0) is 10.1. The van der Waals surface area contributed by atoms with Crippen LogP contribution in [0.5, 0.6) is 0 Å². The molecule has 0 aromatic carbocycles. The molecule has 0 saturated carbocycles. The predicted octanol–water partition coefficient (Wildman–Crippen LogP) is -0.365. The third-order valence-corrected chi connectivity index (χ3v) is 1.58. The van der Waals surface area contributed by atoms with Gasteiger partial charge in [-0.2, -0.15) is 0 Å². The Balaban J connectivity index is 3.50. The molecule has 0 radical (unpaired) electrons. The Morgan fingerprint density at radius 3 is 2.77 bits per heavy atom.